The number of carbonyl (C=O) groups excluding carboxylic acids is 1. The van der Waals surface area contributed by atoms with Gasteiger partial charge in [-0.3, -0.25) is 4.79 Å². The lowest BCUT2D eigenvalue weighted by molar-refractivity contribution is -0.117. The number of aromatic nitrogens is 3. The Morgan fingerprint density at radius 3 is 2.79 bits per heavy atom. The molecule has 120 valence electrons. The van der Waals surface area contributed by atoms with E-state index in [1.807, 2.05) is 35.7 Å². The summed E-state index contributed by atoms with van der Waals surface area (Å²) in [7, 11) is 0. The third-order valence-corrected chi connectivity index (χ3v) is 4.59. The first-order valence-electron chi connectivity index (χ1n) is 7.70. The van der Waals surface area contributed by atoms with Crippen molar-refractivity contribution in [1.82, 2.24) is 15.0 Å². The van der Waals surface area contributed by atoms with Crippen LogP contribution in [0.1, 0.15) is 12.8 Å². The summed E-state index contributed by atoms with van der Waals surface area (Å²) in [4.78, 5) is 26.8. The van der Waals surface area contributed by atoms with E-state index in [4.69, 9.17) is 0 Å². The van der Waals surface area contributed by atoms with E-state index < -0.39 is 0 Å². The monoisotopic (exact) mass is 337 g/mol. The van der Waals surface area contributed by atoms with Crippen LogP contribution in [-0.4, -0.2) is 27.4 Å². The molecule has 7 heteroatoms. The summed E-state index contributed by atoms with van der Waals surface area (Å²) in [5.41, 5.74) is 1.67. The van der Waals surface area contributed by atoms with Crippen LogP contribution in [-0.2, 0) is 4.79 Å². The molecule has 0 spiro atoms. The van der Waals surface area contributed by atoms with Gasteiger partial charge in [-0.05, 0) is 30.7 Å². The van der Waals surface area contributed by atoms with Crippen molar-refractivity contribution in [2.75, 3.05) is 16.8 Å². The third kappa shape index (κ3) is 2.98. The van der Waals surface area contributed by atoms with E-state index in [9.17, 15) is 4.79 Å². The molecule has 0 bridgehead atoms. The molecule has 4 heterocycles. The molecule has 1 fully saturated rings. The van der Waals surface area contributed by atoms with Crippen LogP contribution in [0, 0.1) is 0 Å². The Hall–Kier alpha value is -2.80. The lowest BCUT2D eigenvalue weighted by atomic mass is 10.3. The van der Waals surface area contributed by atoms with Crippen molar-refractivity contribution in [3.63, 3.8) is 0 Å². The number of rotatable bonds is 4. The molecular weight excluding hydrogens is 322 g/mol. The number of thiazole rings is 1. The minimum Gasteiger partial charge on any atom is -0.325 e. The molecule has 1 aliphatic rings. The maximum absolute atomic E-state index is 11.8. The topological polar surface area (TPSA) is 71.0 Å². The van der Waals surface area contributed by atoms with Crippen LogP contribution in [0.5, 0.6) is 0 Å². The molecule has 6 nitrogen and oxygen atoms in total. The summed E-state index contributed by atoms with van der Waals surface area (Å²) < 4.78 is 0. The maximum atomic E-state index is 11.8. The maximum Gasteiger partial charge on any atom is 0.227 e. The van der Waals surface area contributed by atoms with Crippen LogP contribution < -0.4 is 10.2 Å². The molecule has 0 aliphatic carbocycles. The van der Waals surface area contributed by atoms with Crippen LogP contribution in [0.4, 0.5) is 17.3 Å². The first kappa shape index (κ1) is 14.8. The molecule has 0 aromatic carbocycles. The Morgan fingerprint density at radius 2 is 2.08 bits per heavy atom. The smallest absolute Gasteiger partial charge is 0.227 e. The van der Waals surface area contributed by atoms with E-state index in [2.05, 4.69) is 20.3 Å². The Labute approximate surface area is 143 Å². The second-order valence-corrected chi connectivity index (χ2v) is 6.32. The fourth-order valence-corrected chi connectivity index (χ4v) is 3.25. The van der Waals surface area contributed by atoms with Gasteiger partial charge in [0.05, 0.1) is 11.9 Å². The van der Waals surface area contributed by atoms with Gasteiger partial charge in [0, 0.05) is 24.5 Å². The number of nitrogens with one attached hydrogen (secondary N) is 1. The number of pyridine rings is 2. The Balaban J connectivity index is 1.51. The summed E-state index contributed by atoms with van der Waals surface area (Å²) in [5.74, 6) is 1.56. The van der Waals surface area contributed by atoms with Crippen LogP contribution in [0.25, 0.3) is 10.7 Å². The van der Waals surface area contributed by atoms with E-state index in [1.54, 1.807) is 28.6 Å². The van der Waals surface area contributed by atoms with Crippen molar-refractivity contribution in [3.05, 3.63) is 48.1 Å². The minimum absolute atomic E-state index is 0.162. The van der Waals surface area contributed by atoms with Gasteiger partial charge in [-0.15, -0.1) is 11.3 Å². The zero-order valence-corrected chi connectivity index (χ0v) is 13.7. The van der Waals surface area contributed by atoms with E-state index >= 15 is 0 Å². The highest BCUT2D eigenvalue weighted by atomic mass is 32.1. The van der Waals surface area contributed by atoms with Gasteiger partial charge in [-0.2, -0.15) is 0 Å². The molecule has 4 rings (SSSR count). The molecule has 0 saturated carbocycles. The first-order valence-corrected chi connectivity index (χ1v) is 8.58. The lowest BCUT2D eigenvalue weighted by Gasteiger charge is -2.15. The van der Waals surface area contributed by atoms with Crippen molar-refractivity contribution in [1.29, 1.82) is 0 Å². The Bertz CT molecular complexity index is 848. The average molecular weight is 337 g/mol. The molecule has 0 radical (unpaired) electrons. The summed E-state index contributed by atoms with van der Waals surface area (Å²) in [6.07, 6.45) is 5.01. The minimum atomic E-state index is 0.162. The van der Waals surface area contributed by atoms with Crippen molar-refractivity contribution in [2.24, 2.45) is 0 Å². The molecule has 24 heavy (non-hydrogen) atoms. The molecule has 1 N–H and O–H groups in total. The third-order valence-electron chi connectivity index (χ3n) is 3.79. The lowest BCUT2D eigenvalue weighted by Crippen LogP contribution is -2.23. The van der Waals surface area contributed by atoms with Gasteiger partial charge >= 0.3 is 0 Å². The second-order valence-electron chi connectivity index (χ2n) is 5.42. The molecule has 3 aromatic rings. The van der Waals surface area contributed by atoms with Gasteiger partial charge in [0.1, 0.15) is 22.3 Å². The van der Waals surface area contributed by atoms with E-state index in [-0.39, 0.29) is 5.91 Å². The number of carbonyl (C=O) groups is 1. The van der Waals surface area contributed by atoms with Crippen molar-refractivity contribution >= 4 is 34.6 Å². The second kappa shape index (κ2) is 6.37. The molecule has 3 aromatic heterocycles. The van der Waals surface area contributed by atoms with Gasteiger partial charge in [-0.1, -0.05) is 6.07 Å². The predicted octanol–water partition coefficient (Wildman–Crippen LogP) is 3.47. The van der Waals surface area contributed by atoms with E-state index in [0.717, 1.165) is 29.4 Å². The van der Waals surface area contributed by atoms with Crippen molar-refractivity contribution < 1.29 is 4.79 Å². The first-order chi connectivity index (χ1) is 11.8. The molecule has 0 atom stereocenters. The van der Waals surface area contributed by atoms with Crippen LogP contribution >= 0.6 is 11.3 Å². The SMILES string of the molecule is O=C1CCCN1c1ccc(Nc2cccc(-c3nccs3)n2)nc1. The quantitative estimate of drug-likeness (QED) is 0.789. The van der Waals surface area contributed by atoms with Gasteiger partial charge in [0.2, 0.25) is 5.91 Å². The van der Waals surface area contributed by atoms with Crippen LogP contribution in [0.15, 0.2) is 48.1 Å². The average Bonchev–Trinajstić information content (AvgIpc) is 3.28. The van der Waals surface area contributed by atoms with Gasteiger partial charge in [0.15, 0.2) is 0 Å². The number of nitrogens with zero attached hydrogens (tertiary/aromatic N) is 4. The standard InChI is InChI=1S/C17H15N5OS/c23-16-5-2-9-22(16)12-6-7-14(19-11-12)21-15-4-1-3-13(20-15)17-18-8-10-24-17/h1,3-4,6-8,10-11H,2,5,9H2,(H,19,20,21). The van der Waals surface area contributed by atoms with Gasteiger partial charge in [0.25, 0.3) is 0 Å². The van der Waals surface area contributed by atoms with Crippen LogP contribution in [0.2, 0.25) is 0 Å². The Morgan fingerprint density at radius 1 is 1.12 bits per heavy atom. The Kier molecular flexibility index (Phi) is 3.92. The highest BCUT2D eigenvalue weighted by molar-refractivity contribution is 7.13. The van der Waals surface area contributed by atoms with E-state index in [1.165, 1.54) is 0 Å². The number of amides is 1. The van der Waals surface area contributed by atoms with Gasteiger partial charge in [-0.25, -0.2) is 15.0 Å². The largest absolute Gasteiger partial charge is 0.325 e. The molecule has 1 saturated heterocycles. The zero-order valence-electron chi connectivity index (χ0n) is 12.8. The summed E-state index contributed by atoms with van der Waals surface area (Å²) in [6, 6.07) is 9.52. The van der Waals surface area contributed by atoms with E-state index in [0.29, 0.717) is 18.1 Å². The number of hydrogen-bond acceptors (Lipinski definition) is 6. The normalized spacial score (nSPS) is 14.2. The number of hydrogen-bond donors (Lipinski definition) is 1. The summed E-state index contributed by atoms with van der Waals surface area (Å²) in [6.45, 7) is 0.769. The molecule has 0 unspecified atom stereocenters. The summed E-state index contributed by atoms with van der Waals surface area (Å²) in [5, 5.41) is 6.00. The van der Waals surface area contributed by atoms with Gasteiger partial charge < -0.3 is 10.2 Å². The highest BCUT2D eigenvalue weighted by Gasteiger charge is 2.21. The van der Waals surface area contributed by atoms with Crippen LogP contribution in [0.3, 0.4) is 0 Å². The van der Waals surface area contributed by atoms with Crippen molar-refractivity contribution in [3.8, 4) is 10.7 Å². The summed E-state index contributed by atoms with van der Waals surface area (Å²) >= 11 is 1.55. The zero-order chi connectivity index (χ0) is 16.4. The fraction of sp³-hybridized carbons (Fsp3) is 0.176. The predicted molar refractivity (Wildman–Crippen MR) is 94.5 cm³/mol. The molecule has 1 amide bonds. The highest BCUT2D eigenvalue weighted by Crippen LogP contribution is 2.24. The fourth-order valence-electron chi connectivity index (χ4n) is 2.65. The molecule has 1 aliphatic heterocycles. The van der Waals surface area contributed by atoms with Crippen molar-refractivity contribution in [2.45, 2.75) is 12.8 Å². The number of anilines is 3. The molecular formula is C17H15N5OS.